The van der Waals surface area contributed by atoms with Crippen LogP contribution >= 0.6 is 0 Å². The molecule has 0 bridgehead atoms. The predicted octanol–water partition coefficient (Wildman–Crippen LogP) is 6.47. The Morgan fingerprint density at radius 1 is 1.02 bits per heavy atom. The molecule has 0 saturated carbocycles. The number of halogens is 5. The highest BCUT2D eigenvalue weighted by Gasteiger charge is 2.33. The van der Waals surface area contributed by atoms with Crippen molar-refractivity contribution in [2.24, 2.45) is 11.6 Å². The molecule has 1 heterocycles. The minimum Gasteiger partial charge on any atom is -0.406 e. The zero-order chi connectivity index (χ0) is 32.4. The molecule has 14 heteroatoms. The molecule has 4 N–H and O–H groups in total. The van der Waals surface area contributed by atoms with Crippen LogP contribution < -0.4 is 21.3 Å². The van der Waals surface area contributed by atoms with Crippen molar-refractivity contribution < 1.29 is 30.9 Å². The summed E-state index contributed by atoms with van der Waals surface area (Å²) in [5.41, 5.74) is 8.13. The molecule has 1 atom stereocenters. The van der Waals surface area contributed by atoms with Crippen LogP contribution in [0.15, 0.2) is 84.0 Å². The highest BCUT2D eigenvalue weighted by Crippen LogP contribution is 2.37. The smallest absolute Gasteiger partial charge is 0.406 e. The van der Waals surface area contributed by atoms with E-state index in [0.29, 0.717) is 33.0 Å². The van der Waals surface area contributed by atoms with Gasteiger partial charge in [0.1, 0.15) is 28.3 Å². The number of alkyl halides is 5. The van der Waals surface area contributed by atoms with Crippen LogP contribution in [0.4, 0.5) is 27.6 Å². The molecule has 0 spiro atoms. The fourth-order valence-corrected chi connectivity index (χ4v) is 5.29. The Morgan fingerprint density at radius 2 is 1.68 bits per heavy atom. The molecule has 0 aliphatic heterocycles. The van der Waals surface area contributed by atoms with Crippen LogP contribution in [-0.4, -0.2) is 38.5 Å². The third kappa shape index (κ3) is 7.09. The topological polar surface area (TPSA) is 103 Å². The van der Waals surface area contributed by atoms with Crippen LogP contribution in [0.1, 0.15) is 30.4 Å². The van der Waals surface area contributed by atoms with E-state index in [4.69, 9.17) is 11.6 Å². The second kappa shape index (κ2) is 12.8. The van der Waals surface area contributed by atoms with Crippen LogP contribution in [0.25, 0.3) is 22.5 Å². The number of anilines is 1. The normalized spacial score (nSPS) is 13.3. The van der Waals surface area contributed by atoms with Crippen molar-refractivity contribution in [1.29, 1.82) is 0 Å². The monoisotopic (exact) mass is 634 g/mol. The molecule has 0 aliphatic rings. The lowest BCUT2D eigenvalue weighted by molar-refractivity contribution is -0.274. The molecule has 1 aromatic heterocycles. The van der Waals surface area contributed by atoms with Gasteiger partial charge in [0.2, 0.25) is 0 Å². The van der Waals surface area contributed by atoms with Gasteiger partial charge in [0.15, 0.2) is 0 Å². The number of aryl methyl sites for hydroxylation is 1. The van der Waals surface area contributed by atoms with E-state index in [0.717, 1.165) is 12.1 Å². The van der Waals surface area contributed by atoms with Gasteiger partial charge in [0.05, 0.1) is 22.0 Å². The van der Waals surface area contributed by atoms with Gasteiger partial charge >= 0.3 is 6.36 Å². The van der Waals surface area contributed by atoms with E-state index in [1.54, 1.807) is 61.7 Å². The number of nitrogens with two attached hydrogens (primary N) is 2. The SMILES string of the molecule is CCC(F)(F)c1cn(-c2ccc(-c3cccc(S(=O)N(C)C)c3)cc2N(N)/C(=C\N)c2ccc(OC(F)(F)F)cc2)c(C)n1. The number of aromatic nitrogens is 2. The number of hydrogen-bond acceptors (Lipinski definition) is 6. The highest BCUT2D eigenvalue weighted by molar-refractivity contribution is 7.82. The van der Waals surface area contributed by atoms with E-state index < -0.39 is 41.1 Å². The maximum Gasteiger partial charge on any atom is 0.573 e. The Kier molecular flexibility index (Phi) is 9.47. The van der Waals surface area contributed by atoms with Crippen molar-refractivity contribution in [2.75, 3.05) is 19.1 Å². The lowest BCUT2D eigenvalue weighted by Crippen LogP contribution is -2.31. The Balaban J connectivity index is 1.86. The average molecular weight is 635 g/mol. The maximum atomic E-state index is 14.6. The van der Waals surface area contributed by atoms with Gasteiger partial charge < -0.3 is 15.0 Å². The van der Waals surface area contributed by atoms with Crippen molar-refractivity contribution in [1.82, 2.24) is 13.9 Å². The van der Waals surface area contributed by atoms with Crippen molar-refractivity contribution in [2.45, 2.75) is 37.4 Å². The standard InChI is InChI=1S/C30H31F5N6O2S/c1-5-29(31,32)28-18-40(19(2)38-28)25-14-11-22(21-7-6-8-24(15-21)44(42)39(3)4)16-26(25)41(37)27(17-36)20-9-12-23(13-10-20)43-30(33,34)35/h6-18H,5,36-37H2,1-4H3/b27-17-. The molecule has 3 aromatic carbocycles. The number of hydrogen-bond donors (Lipinski definition) is 2. The molecule has 0 radical (unpaired) electrons. The molecule has 0 saturated heterocycles. The fraction of sp³-hybridized carbons (Fsp3) is 0.233. The molecule has 1 unspecified atom stereocenters. The zero-order valence-corrected chi connectivity index (χ0v) is 25.1. The van der Waals surface area contributed by atoms with Gasteiger partial charge in [-0.05, 0) is 80.7 Å². The summed E-state index contributed by atoms with van der Waals surface area (Å²) in [7, 11) is 1.97. The molecule has 0 fully saturated rings. The summed E-state index contributed by atoms with van der Waals surface area (Å²) < 4.78 is 86.9. The number of benzene rings is 3. The molecule has 0 aliphatic carbocycles. The van der Waals surface area contributed by atoms with Crippen LogP contribution in [0.2, 0.25) is 0 Å². The summed E-state index contributed by atoms with van der Waals surface area (Å²) in [6.45, 7) is 2.93. The van der Waals surface area contributed by atoms with Gasteiger partial charge in [0.25, 0.3) is 5.92 Å². The van der Waals surface area contributed by atoms with E-state index in [1.165, 1.54) is 41.0 Å². The van der Waals surface area contributed by atoms with E-state index in [-0.39, 0.29) is 11.5 Å². The number of hydrazine groups is 1. The fourth-order valence-electron chi connectivity index (χ4n) is 4.44. The Hall–Kier alpha value is -4.27. The van der Waals surface area contributed by atoms with Crippen molar-refractivity contribution >= 4 is 22.4 Å². The molecular formula is C30H31F5N6O2S. The van der Waals surface area contributed by atoms with Gasteiger partial charge in [0, 0.05) is 24.4 Å². The molecule has 8 nitrogen and oxygen atoms in total. The molecule has 4 aromatic rings. The van der Waals surface area contributed by atoms with Crippen LogP contribution in [0.3, 0.4) is 0 Å². The molecular weight excluding hydrogens is 603 g/mol. The van der Waals surface area contributed by atoms with Gasteiger partial charge in [-0.25, -0.2) is 19.3 Å². The van der Waals surface area contributed by atoms with Crippen molar-refractivity contribution in [3.8, 4) is 22.6 Å². The van der Waals surface area contributed by atoms with Gasteiger partial charge in [-0.15, -0.1) is 13.2 Å². The number of rotatable bonds is 10. The summed E-state index contributed by atoms with van der Waals surface area (Å²) in [5.74, 6) is 3.30. The van der Waals surface area contributed by atoms with E-state index in [9.17, 15) is 26.2 Å². The quantitative estimate of drug-likeness (QED) is 0.118. The Morgan fingerprint density at radius 3 is 2.27 bits per heavy atom. The number of ether oxygens (including phenoxy) is 1. The zero-order valence-electron chi connectivity index (χ0n) is 24.3. The Labute approximate surface area is 253 Å². The Bertz CT molecular complexity index is 1690. The second-order valence-electron chi connectivity index (χ2n) is 9.89. The second-order valence-corrected chi connectivity index (χ2v) is 11.6. The lowest BCUT2D eigenvalue weighted by Gasteiger charge is -2.26. The highest BCUT2D eigenvalue weighted by atomic mass is 32.2. The van der Waals surface area contributed by atoms with Gasteiger partial charge in [-0.3, -0.25) is 5.01 Å². The number of nitrogens with zero attached hydrogens (tertiary/aromatic N) is 4. The third-order valence-electron chi connectivity index (χ3n) is 6.70. The molecule has 0 amide bonds. The van der Waals surface area contributed by atoms with Crippen molar-refractivity contribution in [3.05, 3.63) is 96.2 Å². The maximum absolute atomic E-state index is 14.6. The first-order valence-corrected chi connectivity index (χ1v) is 14.4. The summed E-state index contributed by atoms with van der Waals surface area (Å²) in [6, 6.07) is 17.2. The van der Waals surface area contributed by atoms with Crippen LogP contribution in [0.5, 0.6) is 5.75 Å². The summed E-state index contributed by atoms with van der Waals surface area (Å²) in [6.07, 6.45) is -2.90. The lowest BCUT2D eigenvalue weighted by atomic mass is 10.0. The third-order valence-corrected chi connectivity index (χ3v) is 8.02. The van der Waals surface area contributed by atoms with E-state index in [1.807, 2.05) is 6.07 Å². The minimum absolute atomic E-state index is 0.196. The first-order valence-electron chi connectivity index (χ1n) is 13.3. The first kappa shape index (κ1) is 32.6. The van der Waals surface area contributed by atoms with Gasteiger partial charge in [-0.1, -0.05) is 25.1 Å². The largest absolute Gasteiger partial charge is 0.573 e. The summed E-state index contributed by atoms with van der Waals surface area (Å²) >= 11 is 0. The van der Waals surface area contributed by atoms with Crippen molar-refractivity contribution in [3.63, 3.8) is 0 Å². The first-order chi connectivity index (χ1) is 20.6. The summed E-state index contributed by atoms with van der Waals surface area (Å²) in [5, 5.41) is 1.21. The molecule has 44 heavy (non-hydrogen) atoms. The number of imidazole rings is 1. The average Bonchev–Trinajstić information content (AvgIpc) is 3.39. The van der Waals surface area contributed by atoms with Gasteiger partial charge in [-0.2, -0.15) is 8.78 Å². The van der Waals surface area contributed by atoms with Crippen LogP contribution in [-0.2, 0) is 16.9 Å². The molecule has 234 valence electrons. The molecule has 4 rings (SSSR count). The predicted molar refractivity (Wildman–Crippen MR) is 160 cm³/mol. The van der Waals surface area contributed by atoms with E-state index >= 15 is 0 Å². The minimum atomic E-state index is -4.87. The summed E-state index contributed by atoms with van der Waals surface area (Å²) in [4.78, 5) is 4.65. The van der Waals surface area contributed by atoms with E-state index in [2.05, 4.69) is 9.72 Å². The van der Waals surface area contributed by atoms with Crippen LogP contribution in [0, 0.1) is 6.92 Å².